The van der Waals surface area contributed by atoms with E-state index in [-0.39, 0.29) is 29.1 Å². The Hall–Kier alpha value is -2.73. The van der Waals surface area contributed by atoms with Crippen LogP contribution in [0.3, 0.4) is 0 Å². The van der Waals surface area contributed by atoms with E-state index in [0.717, 1.165) is 9.40 Å². The predicted octanol–water partition coefficient (Wildman–Crippen LogP) is 5.36. The van der Waals surface area contributed by atoms with Crippen molar-refractivity contribution in [1.29, 1.82) is 0 Å². The Morgan fingerprint density at radius 1 is 1.00 bits per heavy atom. The zero-order valence-electron chi connectivity index (χ0n) is 18.0. The van der Waals surface area contributed by atoms with E-state index < -0.39 is 5.41 Å². The van der Waals surface area contributed by atoms with Gasteiger partial charge in [0.1, 0.15) is 0 Å². The number of hydrogen-bond donors (Lipinski definition) is 1. The van der Waals surface area contributed by atoms with Crippen molar-refractivity contribution in [1.82, 2.24) is 0 Å². The van der Waals surface area contributed by atoms with E-state index >= 15 is 0 Å². The highest BCUT2D eigenvalue weighted by atomic mass is 32.1. The summed E-state index contributed by atoms with van der Waals surface area (Å²) < 4.78 is 6.60. The molecule has 1 amide bonds. The van der Waals surface area contributed by atoms with Gasteiger partial charge in [-0.2, -0.15) is 0 Å². The number of rotatable bonds is 6. The lowest BCUT2D eigenvalue weighted by atomic mass is 9.73. The van der Waals surface area contributed by atoms with Crippen molar-refractivity contribution in [2.24, 2.45) is 10.8 Å². The van der Waals surface area contributed by atoms with Crippen molar-refractivity contribution in [3.8, 4) is 0 Å². The van der Waals surface area contributed by atoms with Crippen LogP contribution in [0, 0.1) is 10.8 Å². The van der Waals surface area contributed by atoms with Crippen LogP contribution in [0.1, 0.15) is 40.5 Å². The number of hydrogen-bond acceptors (Lipinski definition) is 5. The van der Waals surface area contributed by atoms with Crippen molar-refractivity contribution in [3.63, 3.8) is 0 Å². The molecule has 3 rings (SSSR count). The quantitative estimate of drug-likeness (QED) is 0.426. The average Bonchev–Trinajstić information content (AvgIpc) is 2.67. The molecule has 1 aromatic heterocycles. The maximum Gasteiger partial charge on any atom is 0.306 e. The number of carbonyl (C=O) groups excluding carboxylic acids is 2. The third-order valence-corrected chi connectivity index (χ3v) is 6.37. The molecular weight excluding hydrogens is 398 g/mol. The topological polar surface area (TPSA) is 72.5 Å². The van der Waals surface area contributed by atoms with Gasteiger partial charge in [0, 0.05) is 31.3 Å². The van der Waals surface area contributed by atoms with Gasteiger partial charge in [0.05, 0.1) is 13.5 Å². The van der Waals surface area contributed by atoms with Crippen LogP contribution >= 0.6 is 11.3 Å². The van der Waals surface area contributed by atoms with Crippen LogP contribution in [0.25, 0.3) is 20.2 Å². The van der Waals surface area contributed by atoms with Crippen molar-refractivity contribution in [3.05, 3.63) is 52.7 Å². The Morgan fingerprint density at radius 3 is 2.37 bits per heavy atom. The fraction of sp³-hybridized carbons (Fsp3) is 0.375. The first kappa shape index (κ1) is 22.0. The fourth-order valence-corrected chi connectivity index (χ4v) is 5.04. The standard InChI is InChI=1S/C24H27NO4S/c1-23(2,13-20(26)29-5)14-24(3,4)22(28)25-15-10-11-19-17(12-15)21(27)16-8-6-7-9-18(16)30-19/h6-12H,13-14H2,1-5H3,(H,25,28). The molecule has 2 aromatic carbocycles. The summed E-state index contributed by atoms with van der Waals surface area (Å²) >= 11 is 1.56. The molecule has 1 heterocycles. The molecule has 5 nitrogen and oxygen atoms in total. The Labute approximate surface area is 180 Å². The minimum Gasteiger partial charge on any atom is -0.469 e. The summed E-state index contributed by atoms with van der Waals surface area (Å²) in [5, 5.41) is 4.23. The number of methoxy groups -OCH3 is 1. The molecule has 0 bridgehead atoms. The van der Waals surface area contributed by atoms with Gasteiger partial charge < -0.3 is 10.1 Å². The number of ether oxygens (including phenoxy) is 1. The van der Waals surface area contributed by atoms with Gasteiger partial charge in [-0.05, 0) is 42.2 Å². The number of nitrogens with one attached hydrogen (secondary N) is 1. The first-order chi connectivity index (χ1) is 14.0. The predicted molar refractivity (Wildman–Crippen MR) is 123 cm³/mol. The normalized spacial score (nSPS) is 12.2. The van der Waals surface area contributed by atoms with Gasteiger partial charge in [0.15, 0.2) is 5.43 Å². The summed E-state index contributed by atoms with van der Waals surface area (Å²) in [7, 11) is 1.37. The number of esters is 1. The molecule has 0 unspecified atom stereocenters. The lowest BCUT2D eigenvalue weighted by Gasteiger charge is -2.33. The van der Waals surface area contributed by atoms with Crippen LogP contribution in [0.15, 0.2) is 47.3 Å². The molecule has 30 heavy (non-hydrogen) atoms. The second kappa shape index (κ2) is 8.19. The molecule has 0 aliphatic rings. The highest BCUT2D eigenvalue weighted by Crippen LogP contribution is 2.37. The van der Waals surface area contributed by atoms with Crippen molar-refractivity contribution < 1.29 is 14.3 Å². The van der Waals surface area contributed by atoms with E-state index in [2.05, 4.69) is 5.32 Å². The van der Waals surface area contributed by atoms with Crippen LogP contribution in [0.2, 0.25) is 0 Å². The molecule has 0 radical (unpaired) electrons. The first-order valence-corrected chi connectivity index (χ1v) is 10.7. The lowest BCUT2D eigenvalue weighted by molar-refractivity contribution is -0.144. The highest BCUT2D eigenvalue weighted by Gasteiger charge is 2.36. The Balaban J connectivity index is 1.85. The summed E-state index contributed by atoms with van der Waals surface area (Å²) in [6, 6.07) is 13.0. The van der Waals surface area contributed by atoms with Gasteiger partial charge in [-0.25, -0.2) is 0 Å². The number of amides is 1. The molecular formula is C24H27NO4S. The lowest BCUT2D eigenvalue weighted by Crippen LogP contribution is -2.36. The summed E-state index contributed by atoms with van der Waals surface area (Å²) in [6.07, 6.45) is 0.748. The molecule has 0 aliphatic heterocycles. The molecule has 6 heteroatoms. The first-order valence-electron chi connectivity index (χ1n) is 9.86. The molecule has 0 saturated carbocycles. The number of benzene rings is 2. The molecule has 0 fully saturated rings. The molecule has 0 aliphatic carbocycles. The van der Waals surface area contributed by atoms with E-state index in [0.29, 0.717) is 22.9 Å². The van der Waals surface area contributed by atoms with E-state index in [1.807, 2.05) is 64.1 Å². The van der Waals surface area contributed by atoms with Crippen LogP contribution in [-0.2, 0) is 14.3 Å². The average molecular weight is 426 g/mol. The van der Waals surface area contributed by atoms with Crippen LogP contribution < -0.4 is 10.7 Å². The van der Waals surface area contributed by atoms with E-state index in [9.17, 15) is 14.4 Å². The summed E-state index contributed by atoms with van der Waals surface area (Å²) in [5.41, 5.74) is -0.543. The van der Waals surface area contributed by atoms with Crippen LogP contribution in [0.4, 0.5) is 5.69 Å². The van der Waals surface area contributed by atoms with Gasteiger partial charge in [-0.1, -0.05) is 39.8 Å². The van der Waals surface area contributed by atoms with Gasteiger partial charge >= 0.3 is 5.97 Å². The van der Waals surface area contributed by atoms with Crippen LogP contribution in [-0.4, -0.2) is 19.0 Å². The Kier molecular flexibility index (Phi) is 5.99. The van der Waals surface area contributed by atoms with Gasteiger partial charge in [0.2, 0.25) is 5.91 Å². The van der Waals surface area contributed by atoms with Gasteiger partial charge in [-0.3, -0.25) is 14.4 Å². The monoisotopic (exact) mass is 425 g/mol. The maximum absolute atomic E-state index is 13.0. The zero-order valence-corrected chi connectivity index (χ0v) is 18.8. The molecule has 0 atom stereocenters. The van der Waals surface area contributed by atoms with E-state index in [1.165, 1.54) is 7.11 Å². The second-order valence-corrected chi connectivity index (χ2v) is 10.2. The van der Waals surface area contributed by atoms with Gasteiger partial charge in [-0.15, -0.1) is 11.3 Å². The third kappa shape index (κ3) is 4.70. The molecule has 3 aromatic rings. The Morgan fingerprint density at radius 2 is 1.67 bits per heavy atom. The van der Waals surface area contributed by atoms with Crippen LogP contribution in [0.5, 0.6) is 0 Å². The third-order valence-electron chi connectivity index (χ3n) is 5.22. The van der Waals surface area contributed by atoms with E-state index in [4.69, 9.17) is 4.74 Å². The van der Waals surface area contributed by atoms with Crippen molar-refractivity contribution in [2.45, 2.75) is 40.5 Å². The van der Waals surface area contributed by atoms with Gasteiger partial charge in [0.25, 0.3) is 0 Å². The molecule has 158 valence electrons. The molecule has 0 saturated heterocycles. The second-order valence-electron chi connectivity index (χ2n) is 9.07. The highest BCUT2D eigenvalue weighted by molar-refractivity contribution is 7.24. The number of carbonyl (C=O) groups is 2. The van der Waals surface area contributed by atoms with Crippen molar-refractivity contribution in [2.75, 3.05) is 12.4 Å². The largest absolute Gasteiger partial charge is 0.469 e. The summed E-state index contributed by atoms with van der Waals surface area (Å²) in [4.78, 5) is 37.6. The fourth-order valence-electron chi connectivity index (χ4n) is 3.98. The summed E-state index contributed by atoms with van der Waals surface area (Å²) in [5.74, 6) is -0.445. The van der Waals surface area contributed by atoms with Crippen molar-refractivity contribution >= 4 is 49.1 Å². The number of anilines is 1. The SMILES string of the molecule is COC(=O)CC(C)(C)CC(C)(C)C(=O)Nc1ccc2sc3ccccc3c(=O)c2c1. The molecule has 0 spiro atoms. The maximum atomic E-state index is 13.0. The molecule has 1 N–H and O–H groups in total. The number of fused-ring (bicyclic) bond motifs is 2. The minimum atomic E-state index is -0.710. The van der Waals surface area contributed by atoms with E-state index in [1.54, 1.807) is 17.4 Å². The zero-order chi connectivity index (χ0) is 22.1. The minimum absolute atomic E-state index is 0.0334. The smallest absolute Gasteiger partial charge is 0.306 e. The summed E-state index contributed by atoms with van der Waals surface area (Å²) in [6.45, 7) is 7.62. The Bertz CT molecular complexity index is 1180.